The number of rotatable bonds is 5. The molecule has 0 radical (unpaired) electrons. The van der Waals surface area contributed by atoms with Crippen molar-refractivity contribution in [2.24, 2.45) is 5.92 Å². The minimum absolute atomic E-state index is 0.202. The van der Waals surface area contributed by atoms with Gasteiger partial charge in [0, 0.05) is 6.54 Å². The molecule has 1 N–H and O–H groups in total. The van der Waals surface area contributed by atoms with Gasteiger partial charge in [0.25, 0.3) is 0 Å². The van der Waals surface area contributed by atoms with Gasteiger partial charge in [-0.05, 0) is 36.1 Å². The van der Waals surface area contributed by atoms with E-state index in [1.807, 2.05) is 0 Å². The van der Waals surface area contributed by atoms with Crippen LogP contribution in [0.1, 0.15) is 32.3 Å². The zero-order valence-corrected chi connectivity index (χ0v) is 10.8. The van der Waals surface area contributed by atoms with Gasteiger partial charge in [0.1, 0.15) is 5.82 Å². The first-order chi connectivity index (χ1) is 7.50. The van der Waals surface area contributed by atoms with Crippen LogP contribution in [0.4, 0.5) is 4.39 Å². The number of halogens is 2. The fourth-order valence-corrected chi connectivity index (χ4v) is 1.71. The SMILES string of the molecule is CC(C)CNCC(C)c1ccc(F)c(Cl)c1. The minimum Gasteiger partial charge on any atom is -0.316 e. The van der Waals surface area contributed by atoms with Gasteiger partial charge < -0.3 is 5.32 Å². The topological polar surface area (TPSA) is 12.0 Å². The lowest BCUT2D eigenvalue weighted by atomic mass is 10.0. The first-order valence-corrected chi connectivity index (χ1v) is 6.04. The predicted molar refractivity (Wildman–Crippen MR) is 67.5 cm³/mol. The Bertz CT molecular complexity index is 339. The number of hydrogen-bond acceptors (Lipinski definition) is 1. The molecule has 1 aromatic rings. The van der Waals surface area contributed by atoms with Crippen LogP contribution in [0, 0.1) is 11.7 Å². The lowest BCUT2D eigenvalue weighted by Crippen LogP contribution is -2.24. The fourth-order valence-electron chi connectivity index (χ4n) is 1.53. The second-order valence-electron chi connectivity index (χ2n) is 4.63. The third-order valence-electron chi connectivity index (χ3n) is 2.52. The Morgan fingerprint density at radius 1 is 1.25 bits per heavy atom. The minimum atomic E-state index is -0.354. The molecular formula is C13H19ClFN. The molecule has 90 valence electrons. The van der Waals surface area contributed by atoms with E-state index < -0.39 is 0 Å². The second-order valence-corrected chi connectivity index (χ2v) is 5.03. The van der Waals surface area contributed by atoms with Crippen molar-refractivity contribution in [1.82, 2.24) is 5.32 Å². The Morgan fingerprint density at radius 3 is 2.50 bits per heavy atom. The highest BCUT2D eigenvalue weighted by atomic mass is 35.5. The Morgan fingerprint density at radius 2 is 1.94 bits per heavy atom. The molecular weight excluding hydrogens is 225 g/mol. The maximum absolute atomic E-state index is 13.0. The van der Waals surface area contributed by atoms with E-state index in [2.05, 4.69) is 26.1 Å². The number of nitrogens with one attached hydrogen (secondary N) is 1. The molecule has 1 nitrogen and oxygen atoms in total. The van der Waals surface area contributed by atoms with Crippen LogP contribution in [0.2, 0.25) is 5.02 Å². The predicted octanol–water partition coefficient (Wildman–Crippen LogP) is 3.83. The lowest BCUT2D eigenvalue weighted by molar-refractivity contribution is 0.528. The van der Waals surface area contributed by atoms with Gasteiger partial charge >= 0.3 is 0 Å². The second kappa shape index (κ2) is 6.21. The van der Waals surface area contributed by atoms with E-state index in [9.17, 15) is 4.39 Å². The molecule has 1 atom stereocenters. The van der Waals surface area contributed by atoms with Gasteiger partial charge in [-0.25, -0.2) is 4.39 Å². The molecule has 0 heterocycles. The van der Waals surface area contributed by atoms with Crippen molar-refractivity contribution in [3.8, 4) is 0 Å². The summed E-state index contributed by atoms with van der Waals surface area (Å²) in [4.78, 5) is 0. The first kappa shape index (κ1) is 13.5. The molecule has 0 bridgehead atoms. The molecule has 0 spiro atoms. The van der Waals surface area contributed by atoms with E-state index in [1.54, 1.807) is 12.1 Å². The van der Waals surface area contributed by atoms with E-state index in [4.69, 9.17) is 11.6 Å². The summed E-state index contributed by atoms with van der Waals surface area (Å²) in [6, 6.07) is 4.93. The maximum atomic E-state index is 13.0. The normalized spacial score (nSPS) is 13.1. The van der Waals surface area contributed by atoms with E-state index in [1.165, 1.54) is 6.07 Å². The summed E-state index contributed by atoms with van der Waals surface area (Å²) in [5, 5.41) is 3.58. The molecule has 1 aromatic carbocycles. The molecule has 3 heteroatoms. The van der Waals surface area contributed by atoms with Crippen molar-refractivity contribution >= 4 is 11.6 Å². The highest BCUT2D eigenvalue weighted by Crippen LogP contribution is 2.21. The van der Waals surface area contributed by atoms with Crippen molar-refractivity contribution in [1.29, 1.82) is 0 Å². The van der Waals surface area contributed by atoms with Crippen LogP contribution in [0.3, 0.4) is 0 Å². The summed E-state index contributed by atoms with van der Waals surface area (Å²) in [5.74, 6) is 0.633. The van der Waals surface area contributed by atoms with Gasteiger partial charge in [-0.15, -0.1) is 0 Å². The van der Waals surface area contributed by atoms with Crippen LogP contribution in [-0.4, -0.2) is 13.1 Å². The summed E-state index contributed by atoms with van der Waals surface area (Å²) in [7, 11) is 0. The third kappa shape index (κ3) is 4.11. The molecule has 1 unspecified atom stereocenters. The molecule has 0 aliphatic carbocycles. The standard InChI is InChI=1S/C13H19ClFN/c1-9(2)7-16-8-10(3)11-4-5-13(15)12(14)6-11/h4-6,9-10,16H,7-8H2,1-3H3. The molecule has 16 heavy (non-hydrogen) atoms. The summed E-state index contributed by atoms with van der Waals surface area (Å²) in [6.07, 6.45) is 0. The van der Waals surface area contributed by atoms with Crippen LogP contribution in [0.5, 0.6) is 0 Å². The van der Waals surface area contributed by atoms with Gasteiger partial charge in [-0.3, -0.25) is 0 Å². The highest BCUT2D eigenvalue weighted by molar-refractivity contribution is 6.30. The zero-order valence-electron chi connectivity index (χ0n) is 10.1. The largest absolute Gasteiger partial charge is 0.316 e. The highest BCUT2D eigenvalue weighted by Gasteiger charge is 2.08. The quantitative estimate of drug-likeness (QED) is 0.829. The van der Waals surface area contributed by atoms with Gasteiger partial charge in [0.15, 0.2) is 0 Å². The van der Waals surface area contributed by atoms with Crippen molar-refractivity contribution in [2.75, 3.05) is 13.1 Å². The van der Waals surface area contributed by atoms with Gasteiger partial charge in [0.2, 0.25) is 0 Å². The van der Waals surface area contributed by atoms with Gasteiger partial charge in [0.05, 0.1) is 5.02 Å². The smallest absolute Gasteiger partial charge is 0.141 e. The average Bonchev–Trinajstić information content (AvgIpc) is 2.21. The van der Waals surface area contributed by atoms with Crippen LogP contribution < -0.4 is 5.32 Å². The Balaban J connectivity index is 2.52. The molecule has 0 fully saturated rings. The number of benzene rings is 1. The zero-order chi connectivity index (χ0) is 12.1. The summed E-state index contributed by atoms with van der Waals surface area (Å²) >= 11 is 5.75. The molecule has 0 aliphatic heterocycles. The molecule has 0 saturated carbocycles. The van der Waals surface area contributed by atoms with Crippen molar-refractivity contribution < 1.29 is 4.39 Å². The first-order valence-electron chi connectivity index (χ1n) is 5.66. The molecule has 0 aliphatic rings. The lowest BCUT2D eigenvalue weighted by Gasteiger charge is -2.14. The van der Waals surface area contributed by atoms with Crippen molar-refractivity contribution in [3.63, 3.8) is 0 Å². The van der Waals surface area contributed by atoms with Crippen molar-refractivity contribution in [2.45, 2.75) is 26.7 Å². The fraction of sp³-hybridized carbons (Fsp3) is 0.538. The molecule has 0 aromatic heterocycles. The summed E-state index contributed by atoms with van der Waals surface area (Å²) < 4.78 is 13.0. The van der Waals surface area contributed by atoms with Crippen LogP contribution in [0.25, 0.3) is 0 Å². The van der Waals surface area contributed by atoms with Crippen molar-refractivity contribution in [3.05, 3.63) is 34.6 Å². The molecule has 1 rings (SSSR count). The Labute approximate surface area is 102 Å². The van der Waals surface area contributed by atoms with E-state index >= 15 is 0 Å². The number of hydrogen-bond donors (Lipinski definition) is 1. The average molecular weight is 244 g/mol. The third-order valence-corrected chi connectivity index (χ3v) is 2.81. The van der Waals surface area contributed by atoms with Gasteiger partial charge in [-0.1, -0.05) is 38.4 Å². The van der Waals surface area contributed by atoms with E-state index in [0.717, 1.165) is 18.7 Å². The van der Waals surface area contributed by atoms with Crippen LogP contribution >= 0.6 is 11.6 Å². The monoisotopic (exact) mass is 243 g/mol. The summed E-state index contributed by atoms with van der Waals surface area (Å²) in [6.45, 7) is 8.34. The maximum Gasteiger partial charge on any atom is 0.141 e. The van der Waals surface area contributed by atoms with Gasteiger partial charge in [-0.2, -0.15) is 0 Å². The Kier molecular flexibility index (Phi) is 5.23. The Hall–Kier alpha value is -0.600. The molecule has 0 saturated heterocycles. The summed E-state index contributed by atoms with van der Waals surface area (Å²) in [5.41, 5.74) is 1.07. The van der Waals surface area contributed by atoms with Crippen LogP contribution in [-0.2, 0) is 0 Å². The van der Waals surface area contributed by atoms with E-state index in [0.29, 0.717) is 11.8 Å². The van der Waals surface area contributed by atoms with E-state index in [-0.39, 0.29) is 10.8 Å². The molecule has 0 amide bonds. The van der Waals surface area contributed by atoms with Crippen LogP contribution in [0.15, 0.2) is 18.2 Å².